The third-order valence-corrected chi connectivity index (χ3v) is 4.58. The van der Waals surface area contributed by atoms with Crippen molar-refractivity contribution >= 4 is 5.97 Å². The number of aliphatic carboxylic acids is 1. The van der Waals surface area contributed by atoms with Crippen LogP contribution in [0.2, 0.25) is 0 Å². The first-order valence-electron chi connectivity index (χ1n) is 8.22. The normalized spacial score (nSPS) is 24.6. The van der Waals surface area contributed by atoms with Gasteiger partial charge < -0.3 is 19.8 Å². The molecule has 0 aromatic heterocycles. The van der Waals surface area contributed by atoms with Crippen LogP contribution in [0.4, 0.5) is 0 Å². The van der Waals surface area contributed by atoms with Crippen LogP contribution < -0.4 is 4.74 Å². The molecule has 2 N–H and O–H groups in total. The van der Waals surface area contributed by atoms with E-state index in [1.54, 1.807) is 0 Å². The van der Waals surface area contributed by atoms with Gasteiger partial charge in [0.05, 0.1) is 19.1 Å². The lowest BCUT2D eigenvalue weighted by Gasteiger charge is -2.44. The highest BCUT2D eigenvalue weighted by molar-refractivity contribution is 5.66. The Bertz CT molecular complexity index is 532. The molecular formula is C18H27NO4. The van der Waals surface area contributed by atoms with Crippen LogP contribution in [-0.2, 0) is 10.2 Å². The second-order valence-electron chi connectivity index (χ2n) is 6.68. The van der Waals surface area contributed by atoms with E-state index in [-0.39, 0.29) is 24.5 Å². The van der Waals surface area contributed by atoms with Crippen molar-refractivity contribution in [1.82, 2.24) is 4.90 Å². The zero-order chi connectivity index (χ0) is 16.9. The van der Waals surface area contributed by atoms with E-state index in [0.29, 0.717) is 5.75 Å². The Morgan fingerprint density at radius 1 is 1.39 bits per heavy atom. The van der Waals surface area contributed by atoms with Crippen LogP contribution in [0.15, 0.2) is 24.3 Å². The summed E-state index contributed by atoms with van der Waals surface area (Å²) in [5.74, 6) is -0.201. The lowest BCUT2D eigenvalue weighted by molar-refractivity contribution is -0.137. The topological polar surface area (TPSA) is 70.0 Å². The molecule has 1 aliphatic rings. The Morgan fingerprint density at radius 2 is 2.17 bits per heavy atom. The van der Waals surface area contributed by atoms with Crippen LogP contribution in [0.1, 0.15) is 37.7 Å². The largest absolute Gasteiger partial charge is 0.493 e. The Balaban J connectivity index is 2.23. The van der Waals surface area contributed by atoms with Gasteiger partial charge in [-0.1, -0.05) is 25.0 Å². The summed E-state index contributed by atoms with van der Waals surface area (Å²) < 4.78 is 5.56. The molecule has 0 bridgehead atoms. The summed E-state index contributed by atoms with van der Waals surface area (Å²) in [6.07, 6.45) is 3.55. The molecule has 1 fully saturated rings. The van der Waals surface area contributed by atoms with Gasteiger partial charge in [0.15, 0.2) is 0 Å². The molecule has 23 heavy (non-hydrogen) atoms. The maximum Gasteiger partial charge on any atom is 0.306 e. The van der Waals surface area contributed by atoms with Gasteiger partial charge in [0.25, 0.3) is 0 Å². The molecule has 0 spiro atoms. The number of carbonyl (C=O) groups is 1. The third-order valence-electron chi connectivity index (χ3n) is 4.58. The summed E-state index contributed by atoms with van der Waals surface area (Å²) in [5, 5.41) is 19.4. The van der Waals surface area contributed by atoms with E-state index >= 15 is 0 Å². The summed E-state index contributed by atoms with van der Waals surface area (Å²) in [4.78, 5) is 12.7. The number of ether oxygens (including phenoxy) is 1. The first-order valence-corrected chi connectivity index (χ1v) is 8.22. The van der Waals surface area contributed by atoms with Gasteiger partial charge in [-0.3, -0.25) is 4.79 Å². The summed E-state index contributed by atoms with van der Waals surface area (Å²) in [7, 11) is 4.05. The number of carboxylic acid groups (broad SMARTS) is 1. The number of rotatable bonds is 7. The third kappa shape index (κ3) is 4.45. The number of likely N-dealkylation sites (N-methyl/N-ethyl adjacent to an activating group) is 1. The van der Waals surface area contributed by atoms with Gasteiger partial charge in [0.2, 0.25) is 0 Å². The molecular weight excluding hydrogens is 294 g/mol. The predicted octanol–water partition coefficient (Wildman–Crippen LogP) is 2.27. The van der Waals surface area contributed by atoms with Gasteiger partial charge in [-0.05, 0) is 44.6 Å². The van der Waals surface area contributed by atoms with Crippen molar-refractivity contribution in [2.75, 3.05) is 27.2 Å². The van der Waals surface area contributed by atoms with Crippen molar-refractivity contribution in [2.45, 2.75) is 43.6 Å². The fourth-order valence-corrected chi connectivity index (χ4v) is 3.55. The zero-order valence-electron chi connectivity index (χ0n) is 14.0. The lowest BCUT2D eigenvalue weighted by atomic mass is 9.67. The molecule has 2 unspecified atom stereocenters. The highest BCUT2D eigenvalue weighted by atomic mass is 16.5. The standard InChI is InChI=1S/C18H27NO4/c1-19(2)13-18(10-4-3-8-16(18)20)14-6-5-7-15(12-14)23-11-9-17(21)22/h5-7,12,16,20H,3-4,8-11,13H2,1-2H3,(H,21,22). The summed E-state index contributed by atoms with van der Waals surface area (Å²) >= 11 is 0. The zero-order valence-corrected chi connectivity index (χ0v) is 14.0. The molecule has 1 aromatic rings. The average molecular weight is 321 g/mol. The van der Waals surface area contributed by atoms with E-state index in [0.717, 1.165) is 37.8 Å². The molecule has 1 aliphatic carbocycles. The Hall–Kier alpha value is -1.59. The minimum absolute atomic E-state index is 0.0182. The molecule has 5 heteroatoms. The monoisotopic (exact) mass is 321 g/mol. The van der Waals surface area contributed by atoms with Gasteiger partial charge in [-0.15, -0.1) is 0 Å². The predicted molar refractivity (Wildman–Crippen MR) is 88.9 cm³/mol. The van der Waals surface area contributed by atoms with E-state index < -0.39 is 5.97 Å². The van der Waals surface area contributed by atoms with Crippen LogP contribution in [0, 0.1) is 0 Å². The van der Waals surface area contributed by atoms with E-state index in [1.807, 2.05) is 38.4 Å². The van der Waals surface area contributed by atoms with Crippen LogP contribution >= 0.6 is 0 Å². The summed E-state index contributed by atoms with van der Waals surface area (Å²) in [6.45, 7) is 0.939. The van der Waals surface area contributed by atoms with Crippen molar-refractivity contribution < 1.29 is 19.7 Å². The van der Waals surface area contributed by atoms with Gasteiger partial charge in [0, 0.05) is 12.0 Å². The second kappa shape index (κ2) is 7.79. The van der Waals surface area contributed by atoms with Crippen molar-refractivity contribution in [3.63, 3.8) is 0 Å². The Kier molecular flexibility index (Phi) is 6.02. The number of hydrogen-bond donors (Lipinski definition) is 2. The van der Waals surface area contributed by atoms with Gasteiger partial charge in [-0.25, -0.2) is 0 Å². The number of carboxylic acids is 1. The maximum atomic E-state index is 10.7. The smallest absolute Gasteiger partial charge is 0.306 e. The fourth-order valence-electron chi connectivity index (χ4n) is 3.55. The van der Waals surface area contributed by atoms with Crippen LogP contribution in [0.25, 0.3) is 0 Å². The van der Waals surface area contributed by atoms with Crippen LogP contribution in [0.5, 0.6) is 5.75 Å². The molecule has 0 heterocycles. The lowest BCUT2D eigenvalue weighted by Crippen LogP contribution is -2.49. The van der Waals surface area contributed by atoms with Gasteiger partial charge in [0.1, 0.15) is 5.75 Å². The first kappa shape index (κ1) is 17.8. The molecule has 128 valence electrons. The van der Waals surface area contributed by atoms with Crippen molar-refractivity contribution in [3.8, 4) is 5.75 Å². The molecule has 1 aromatic carbocycles. The summed E-state index contributed by atoms with van der Waals surface area (Å²) in [6, 6.07) is 7.76. The minimum atomic E-state index is -0.868. The highest BCUT2D eigenvalue weighted by Crippen LogP contribution is 2.41. The minimum Gasteiger partial charge on any atom is -0.493 e. The van der Waals surface area contributed by atoms with Gasteiger partial charge in [-0.2, -0.15) is 0 Å². The molecule has 1 saturated carbocycles. The first-order chi connectivity index (χ1) is 10.9. The number of aliphatic hydroxyl groups is 1. The van der Waals surface area contributed by atoms with Gasteiger partial charge >= 0.3 is 5.97 Å². The van der Waals surface area contributed by atoms with Crippen LogP contribution in [0.3, 0.4) is 0 Å². The molecule has 2 rings (SSSR count). The van der Waals surface area contributed by atoms with Crippen molar-refractivity contribution in [2.24, 2.45) is 0 Å². The fraction of sp³-hybridized carbons (Fsp3) is 0.611. The number of benzene rings is 1. The number of nitrogens with zero attached hydrogens (tertiary/aromatic N) is 1. The van der Waals surface area contributed by atoms with E-state index in [1.165, 1.54) is 0 Å². The molecule has 0 aliphatic heterocycles. The molecule has 0 amide bonds. The molecule has 5 nitrogen and oxygen atoms in total. The summed E-state index contributed by atoms with van der Waals surface area (Å²) in [5.41, 5.74) is 0.791. The van der Waals surface area contributed by atoms with E-state index in [4.69, 9.17) is 9.84 Å². The molecule has 0 radical (unpaired) electrons. The van der Waals surface area contributed by atoms with Crippen LogP contribution in [-0.4, -0.2) is 54.4 Å². The Labute approximate surface area is 137 Å². The second-order valence-corrected chi connectivity index (χ2v) is 6.68. The van der Waals surface area contributed by atoms with E-state index in [2.05, 4.69) is 4.90 Å². The highest BCUT2D eigenvalue weighted by Gasteiger charge is 2.41. The molecule has 2 atom stereocenters. The molecule has 0 saturated heterocycles. The van der Waals surface area contributed by atoms with Crippen molar-refractivity contribution in [1.29, 1.82) is 0 Å². The van der Waals surface area contributed by atoms with Crippen molar-refractivity contribution in [3.05, 3.63) is 29.8 Å². The SMILES string of the molecule is CN(C)CC1(c2cccc(OCCC(=O)O)c2)CCCCC1O. The average Bonchev–Trinajstić information content (AvgIpc) is 2.49. The maximum absolute atomic E-state index is 10.7. The Morgan fingerprint density at radius 3 is 2.83 bits per heavy atom. The van der Waals surface area contributed by atoms with E-state index in [9.17, 15) is 9.90 Å². The quantitative estimate of drug-likeness (QED) is 0.806. The number of aliphatic hydroxyl groups excluding tert-OH is 1. The number of hydrogen-bond acceptors (Lipinski definition) is 4.